The van der Waals surface area contributed by atoms with Crippen molar-refractivity contribution in [1.29, 1.82) is 0 Å². The lowest BCUT2D eigenvalue weighted by Gasteiger charge is -2.23. The van der Waals surface area contributed by atoms with Gasteiger partial charge in [-0.05, 0) is 41.7 Å². The Bertz CT molecular complexity index is 2540. The lowest BCUT2D eigenvalue weighted by atomic mass is 9.59. The average Bonchev–Trinajstić information content (AvgIpc) is 3.71. The number of hydrogen-bond acceptors (Lipinski definition) is 2. The smallest absolute Gasteiger partial charge is 0.213 e. The zero-order valence-electron chi connectivity index (χ0n) is 21.6. The van der Waals surface area contributed by atoms with Crippen molar-refractivity contribution in [2.75, 3.05) is 0 Å². The van der Waals surface area contributed by atoms with E-state index < -0.39 is 0 Å². The first-order valence-electron chi connectivity index (χ1n) is 13.6. The summed E-state index contributed by atoms with van der Waals surface area (Å²) in [4.78, 5) is 5.05. The summed E-state index contributed by atoms with van der Waals surface area (Å²) in [6, 6.07) is 35.1. The second-order valence-electron chi connectivity index (χ2n) is 10.9. The molecule has 10 rings (SSSR count). The summed E-state index contributed by atoms with van der Waals surface area (Å²) in [6.45, 7) is 2.20. The Morgan fingerprint density at radius 1 is 0.750 bits per heavy atom. The molecule has 0 saturated heterocycles. The molecule has 4 aromatic heterocycles. The number of rotatable bonds is 1. The van der Waals surface area contributed by atoms with Crippen LogP contribution in [0.5, 0.6) is 0 Å². The standard InChI is InChI=1S/C35H20BN2OS/c1-18-16-24(19-10-6-11-22-29-21-9-3-5-15-28(21)40-34(29)37-32(19)22)31-26(17-18)38-33-23(12-7-13-25(33)36-31)30-20-8-2-4-14-27(20)39-35(30)38/h2-17,37H,1H3. The maximum absolute atomic E-state index is 6.58. The first-order chi connectivity index (χ1) is 19.7. The van der Waals surface area contributed by atoms with E-state index >= 15 is 0 Å². The number of H-pyrrole nitrogens is 1. The number of nitrogens with one attached hydrogen (secondary N) is 1. The molecule has 9 aromatic rings. The molecule has 0 aliphatic carbocycles. The van der Waals surface area contributed by atoms with Crippen molar-refractivity contribution in [3.63, 3.8) is 0 Å². The Morgan fingerprint density at radius 3 is 2.50 bits per heavy atom. The van der Waals surface area contributed by atoms with Crippen LogP contribution in [0, 0.1) is 6.92 Å². The lowest BCUT2D eigenvalue weighted by Crippen LogP contribution is -2.37. The summed E-state index contributed by atoms with van der Waals surface area (Å²) in [7, 11) is 2.37. The van der Waals surface area contributed by atoms with Gasteiger partial charge in [0, 0.05) is 42.9 Å². The molecule has 1 aliphatic rings. The predicted molar refractivity (Wildman–Crippen MR) is 170 cm³/mol. The molecular weight excluding hydrogens is 507 g/mol. The number of aromatic amines is 1. The summed E-state index contributed by atoms with van der Waals surface area (Å²) in [5.41, 5.74) is 11.6. The third-order valence-electron chi connectivity index (χ3n) is 8.64. The van der Waals surface area contributed by atoms with Crippen LogP contribution in [-0.4, -0.2) is 16.8 Å². The maximum Gasteiger partial charge on any atom is 0.213 e. The van der Waals surface area contributed by atoms with Crippen LogP contribution in [0.2, 0.25) is 0 Å². The van der Waals surface area contributed by atoms with E-state index in [1.54, 1.807) is 0 Å². The normalized spacial score (nSPS) is 12.8. The van der Waals surface area contributed by atoms with Gasteiger partial charge in [0.05, 0.1) is 16.4 Å². The van der Waals surface area contributed by atoms with Crippen LogP contribution in [0.15, 0.2) is 101 Å². The number of benzene rings is 5. The SMILES string of the molecule is Cc1cc(-c2cccc3c2[nH]c2sc4ccccc4c23)c2c(c1)-n1c3oc4ccccc4c3c3cccc(c31)[B]2. The van der Waals surface area contributed by atoms with Crippen molar-refractivity contribution in [3.05, 3.63) is 103 Å². The Morgan fingerprint density at radius 2 is 1.55 bits per heavy atom. The maximum atomic E-state index is 6.58. The van der Waals surface area contributed by atoms with Crippen LogP contribution in [-0.2, 0) is 0 Å². The molecule has 0 amide bonds. The van der Waals surface area contributed by atoms with Gasteiger partial charge >= 0.3 is 0 Å². The number of nitrogens with zero attached hydrogens (tertiary/aromatic N) is 1. The van der Waals surface area contributed by atoms with E-state index in [2.05, 4.69) is 115 Å². The highest BCUT2D eigenvalue weighted by molar-refractivity contribution is 7.25. The van der Waals surface area contributed by atoms with Crippen LogP contribution >= 0.6 is 11.3 Å². The molecule has 185 valence electrons. The number of aromatic nitrogens is 2. The zero-order valence-corrected chi connectivity index (χ0v) is 22.4. The Kier molecular flexibility index (Phi) is 3.84. The average molecular weight is 527 g/mol. The topological polar surface area (TPSA) is 33.9 Å². The molecule has 40 heavy (non-hydrogen) atoms. The van der Waals surface area contributed by atoms with Gasteiger partial charge in [-0.2, -0.15) is 0 Å². The van der Waals surface area contributed by atoms with E-state index in [1.807, 2.05) is 17.4 Å². The molecule has 1 radical (unpaired) electrons. The van der Waals surface area contributed by atoms with Gasteiger partial charge in [0.25, 0.3) is 0 Å². The van der Waals surface area contributed by atoms with Crippen LogP contribution in [0.3, 0.4) is 0 Å². The number of fused-ring (bicyclic) bond motifs is 12. The molecule has 0 saturated carbocycles. The van der Waals surface area contributed by atoms with Gasteiger partial charge < -0.3 is 9.40 Å². The van der Waals surface area contributed by atoms with Crippen molar-refractivity contribution in [3.8, 4) is 16.8 Å². The van der Waals surface area contributed by atoms with Gasteiger partial charge in [0.15, 0.2) is 7.28 Å². The van der Waals surface area contributed by atoms with E-state index in [0.29, 0.717) is 0 Å². The van der Waals surface area contributed by atoms with E-state index in [1.165, 1.54) is 80.8 Å². The summed E-state index contributed by atoms with van der Waals surface area (Å²) in [5.74, 6) is 0. The Labute approximate surface area is 233 Å². The van der Waals surface area contributed by atoms with Crippen molar-refractivity contribution in [2.24, 2.45) is 0 Å². The molecule has 1 aliphatic heterocycles. The predicted octanol–water partition coefficient (Wildman–Crippen LogP) is 8.32. The van der Waals surface area contributed by atoms with Crippen molar-refractivity contribution in [1.82, 2.24) is 9.55 Å². The van der Waals surface area contributed by atoms with E-state index in [4.69, 9.17) is 4.42 Å². The lowest BCUT2D eigenvalue weighted by molar-refractivity contribution is 0.645. The number of furan rings is 1. The second-order valence-corrected chi connectivity index (χ2v) is 12.0. The molecule has 3 nitrogen and oxygen atoms in total. The zero-order chi connectivity index (χ0) is 26.1. The second kappa shape index (κ2) is 7.26. The molecule has 0 spiro atoms. The minimum absolute atomic E-state index is 0.916. The molecule has 5 aromatic carbocycles. The number of aryl methyl sites for hydroxylation is 1. The highest BCUT2D eigenvalue weighted by Gasteiger charge is 2.29. The molecule has 5 heterocycles. The molecule has 5 heteroatoms. The first kappa shape index (κ1) is 21.1. The third kappa shape index (κ3) is 2.52. The van der Waals surface area contributed by atoms with Crippen molar-refractivity contribution < 1.29 is 4.42 Å². The van der Waals surface area contributed by atoms with E-state index in [0.717, 1.165) is 16.7 Å². The Balaban J connectivity index is 1.32. The van der Waals surface area contributed by atoms with Gasteiger partial charge in [0.2, 0.25) is 5.71 Å². The number of para-hydroxylation sites is 3. The largest absolute Gasteiger partial charge is 0.439 e. The molecule has 0 bridgehead atoms. The van der Waals surface area contributed by atoms with E-state index in [-0.39, 0.29) is 0 Å². The highest BCUT2D eigenvalue weighted by Crippen LogP contribution is 2.43. The molecule has 0 unspecified atom stereocenters. The summed E-state index contributed by atoms with van der Waals surface area (Å²) in [5, 5.41) is 7.51. The number of thiophene rings is 1. The van der Waals surface area contributed by atoms with E-state index in [9.17, 15) is 0 Å². The van der Waals surface area contributed by atoms with Crippen LogP contribution in [0.4, 0.5) is 0 Å². The van der Waals surface area contributed by atoms with Crippen LogP contribution < -0.4 is 10.9 Å². The van der Waals surface area contributed by atoms with Gasteiger partial charge in [-0.25, -0.2) is 0 Å². The summed E-state index contributed by atoms with van der Waals surface area (Å²) < 4.78 is 10.2. The molecule has 0 fully saturated rings. The molecule has 0 atom stereocenters. The minimum atomic E-state index is 0.916. The van der Waals surface area contributed by atoms with Crippen molar-refractivity contribution in [2.45, 2.75) is 6.92 Å². The number of hydrogen-bond donors (Lipinski definition) is 1. The van der Waals surface area contributed by atoms with Gasteiger partial charge in [-0.15, -0.1) is 11.3 Å². The highest BCUT2D eigenvalue weighted by atomic mass is 32.1. The Hall–Kier alpha value is -4.74. The fraction of sp³-hybridized carbons (Fsp3) is 0.0286. The fourth-order valence-corrected chi connectivity index (χ4v) is 8.16. The first-order valence-corrected chi connectivity index (χ1v) is 14.4. The summed E-state index contributed by atoms with van der Waals surface area (Å²) in [6.07, 6.45) is 0. The monoisotopic (exact) mass is 527 g/mol. The van der Waals surface area contributed by atoms with Crippen LogP contribution in [0.25, 0.3) is 81.0 Å². The van der Waals surface area contributed by atoms with Gasteiger partial charge in [0.1, 0.15) is 10.4 Å². The van der Waals surface area contributed by atoms with Gasteiger partial charge in [-0.1, -0.05) is 84.3 Å². The minimum Gasteiger partial charge on any atom is -0.439 e. The summed E-state index contributed by atoms with van der Waals surface area (Å²) >= 11 is 1.84. The molecular formula is C35H20BN2OS. The van der Waals surface area contributed by atoms with Crippen molar-refractivity contribution >= 4 is 93.7 Å². The fourth-order valence-electron chi connectivity index (χ4n) is 7.04. The quantitative estimate of drug-likeness (QED) is 0.214. The molecule has 1 N–H and O–H groups in total. The van der Waals surface area contributed by atoms with Crippen LogP contribution in [0.1, 0.15) is 5.56 Å². The third-order valence-corrected chi connectivity index (χ3v) is 9.73. The van der Waals surface area contributed by atoms with Gasteiger partial charge in [-0.3, -0.25) is 4.57 Å².